The third kappa shape index (κ3) is 5.58. The van der Waals surface area contributed by atoms with Crippen LogP contribution >= 0.6 is 24.8 Å². The second-order valence-electron chi connectivity index (χ2n) is 4.12. The minimum absolute atomic E-state index is 0. The third-order valence-corrected chi connectivity index (χ3v) is 2.63. The van der Waals surface area contributed by atoms with Gasteiger partial charge in [-0.15, -0.1) is 24.8 Å². The summed E-state index contributed by atoms with van der Waals surface area (Å²) in [6, 6.07) is 3.11. The molecule has 0 saturated carbocycles. The Balaban J connectivity index is 0. The van der Waals surface area contributed by atoms with Crippen LogP contribution in [0.1, 0.15) is 11.6 Å². The number of nitrogens with zero attached hydrogens (tertiary/aromatic N) is 1. The molecule has 0 aliphatic rings. The Morgan fingerprint density at radius 1 is 1.30 bits per heavy atom. The number of rotatable bonds is 5. The average Bonchev–Trinajstić information content (AvgIpc) is 2.31. The molecule has 116 valence electrons. The average molecular weight is 330 g/mol. The molecule has 0 heterocycles. The van der Waals surface area contributed by atoms with Gasteiger partial charge in [-0.1, -0.05) is 6.07 Å². The molecule has 1 atom stereocenters. The van der Waals surface area contributed by atoms with Crippen molar-refractivity contribution in [2.45, 2.75) is 6.04 Å². The normalized spacial score (nSPS) is 11.3. The molecular formula is C12H19Cl2F2N3O. The molecule has 1 aromatic rings. The van der Waals surface area contributed by atoms with E-state index in [9.17, 15) is 13.6 Å². The first kappa shape index (κ1) is 21.4. The van der Waals surface area contributed by atoms with Crippen LogP contribution in [0.4, 0.5) is 8.78 Å². The quantitative estimate of drug-likeness (QED) is 0.860. The number of nitrogens with two attached hydrogens (primary N) is 1. The van der Waals surface area contributed by atoms with Gasteiger partial charge in [0.2, 0.25) is 5.91 Å². The third-order valence-electron chi connectivity index (χ3n) is 2.63. The Morgan fingerprint density at radius 3 is 2.20 bits per heavy atom. The van der Waals surface area contributed by atoms with Crippen molar-refractivity contribution in [1.82, 2.24) is 10.2 Å². The van der Waals surface area contributed by atoms with Crippen molar-refractivity contribution in [2.75, 3.05) is 27.2 Å². The molecule has 0 radical (unpaired) electrons. The molecule has 4 nitrogen and oxygen atoms in total. The van der Waals surface area contributed by atoms with Gasteiger partial charge in [0, 0.05) is 12.1 Å². The molecule has 8 heteroatoms. The zero-order valence-corrected chi connectivity index (χ0v) is 12.9. The van der Waals surface area contributed by atoms with Crippen molar-refractivity contribution in [3.05, 3.63) is 35.4 Å². The maximum absolute atomic E-state index is 13.7. The van der Waals surface area contributed by atoms with Gasteiger partial charge in [-0.05, 0) is 26.2 Å². The van der Waals surface area contributed by atoms with Crippen LogP contribution in [-0.2, 0) is 4.79 Å². The highest BCUT2D eigenvalue weighted by molar-refractivity contribution is 5.85. The first-order valence-corrected chi connectivity index (χ1v) is 5.54. The SMILES string of the molecule is CN(C)C(CNC(=O)CN)c1c(F)cccc1F.Cl.Cl. The summed E-state index contributed by atoms with van der Waals surface area (Å²) in [7, 11) is 3.37. The molecule has 0 bridgehead atoms. The topological polar surface area (TPSA) is 58.4 Å². The number of halogens is 4. The van der Waals surface area contributed by atoms with Crippen LogP contribution in [0.3, 0.4) is 0 Å². The predicted molar refractivity (Wildman–Crippen MR) is 79.3 cm³/mol. The van der Waals surface area contributed by atoms with E-state index in [1.165, 1.54) is 18.2 Å². The summed E-state index contributed by atoms with van der Waals surface area (Å²) in [5.74, 6) is -1.62. The van der Waals surface area contributed by atoms with E-state index in [1.54, 1.807) is 19.0 Å². The highest BCUT2D eigenvalue weighted by atomic mass is 35.5. The van der Waals surface area contributed by atoms with E-state index in [0.29, 0.717) is 0 Å². The van der Waals surface area contributed by atoms with Crippen molar-refractivity contribution in [3.8, 4) is 0 Å². The fourth-order valence-corrected chi connectivity index (χ4v) is 1.65. The molecule has 0 aliphatic carbocycles. The molecule has 0 spiro atoms. The zero-order chi connectivity index (χ0) is 13.7. The van der Waals surface area contributed by atoms with E-state index in [1.807, 2.05) is 0 Å². The van der Waals surface area contributed by atoms with Gasteiger partial charge in [0.05, 0.1) is 12.6 Å². The lowest BCUT2D eigenvalue weighted by Crippen LogP contribution is -2.38. The van der Waals surface area contributed by atoms with E-state index in [2.05, 4.69) is 5.32 Å². The van der Waals surface area contributed by atoms with E-state index >= 15 is 0 Å². The first-order chi connectivity index (χ1) is 8.47. The van der Waals surface area contributed by atoms with Gasteiger partial charge in [-0.25, -0.2) is 8.78 Å². The zero-order valence-electron chi connectivity index (χ0n) is 11.2. The number of amides is 1. The number of benzene rings is 1. The summed E-state index contributed by atoms with van der Waals surface area (Å²) >= 11 is 0. The van der Waals surface area contributed by atoms with Crippen LogP contribution < -0.4 is 11.1 Å². The Morgan fingerprint density at radius 2 is 1.80 bits per heavy atom. The number of hydrogen-bond acceptors (Lipinski definition) is 3. The number of likely N-dealkylation sites (N-methyl/N-ethyl adjacent to an activating group) is 1. The summed E-state index contributed by atoms with van der Waals surface area (Å²) in [5.41, 5.74) is 5.10. The summed E-state index contributed by atoms with van der Waals surface area (Å²) in [6.45, 7) is -0.0548. The van der Waals surface area contributed by atoms with Crippen LogP contribution in [0.2, 0.25) is 0 Å². The van der Waals surface area contributed by atoms with Crippen LogP contribution in [0.15, 0.2) is 18.2 Å². The van der Waals surface area contributed by atoms with Crippen LogP contribution in [-0.4, -0.2) is 38.0 Å². The second-order valence-corrected chi connectivity index (χ2v) is 4.12. The lowest BCUT2D eigenvalue weighted by Gasteiger charge is -2.25. The molecular weight excluding hydrogens is 311 g/mol. The predicted octanol–water partition coefficient (Wildman–Crippen LogP) is 1.49. The number of nitrogens with one attached hydrogen (secondary N) is 1. The fraction of sp³-hybridized carbons (Fsp3) is 0.417. The van der Waals surface area contributed by atoms with Crippen LogP contribution in [0.5, 0.6) is 0 Å². The van der Waals surface area contributed by atoms with Crippen molar-refractivity contribution in [3.63, 3.8) is 0 Å². The molecule has 1 amide bonds. The maximum Gasteiger partial charge on any atom is 0.233 e. The second kappa shape index (κ2) is 9.88. The lowest BCUT2D eigenvalue weighted by molar-refractivity contribution is -0.119. The molecule has 20 heavy (non-hydrogen) atoms. The Hall–Kier alpha value is -0.950. The van der Waals surface area contributed by atoms with E-state index in [-0.39, 0.29) is 49.4 Å². The van der Waals surface area contributed by atoms with Gasteiger partial charge >= 0.3 is 0 Å². The van der Waals surface area contributed by atoms with Gasteiger partial charge in [0.15, 0.2) is 0 Å². The van der Waals surface area contributed by atoms with Gasteiger partial charge in [0.1, 0.15) is 11.6 Å². The van der Waals surface area contributed by atoms with Crippen molar-refractivity contribution in [2.24, 2.45) is 5.73 Å². The highest BCUT2D eigenvalue weighted by Gasteiger charge is 2.22. The Kier molecular flexibility index (Phi) is 10.5. The van der Waals surface area contributed by atoms with E-state index in [0.717, 1.165) is 0 Å². The standard InChI is InChI=1S/C12H17F2N3O.2ClH/c1-17(2)10(7-16-11(18)6-15)12-8(13)4-3-5-9(12)14;;/h3-5,10H,6-7,15H2,1-2H3,(H,16,18);2*1H. The van der Waals surface area contributed by atoms with E-state index < -0.39 is 17.7 Å². The van der Waals surface area contributed by atoms with E-state index in [4.69, 9.17) is 5.73 Å². The monoisotopic (exact) mass is 329 g/mol. The minimum atomic E-state index is -0.629. The maximum atomic E-state index is 13.7. The number of carbonyl (C=O) groups is 1. The first-order valence-electron chi connectivity index (χ1n) is 5.54. The molecule has 3 N–H and O–H groups in total. The lowest BCUT2D eigenvalue weighted by atomic mass is 10.0. The van der Waals surface area contributed by atoms with Crippen LogP contribution in [0, 0.1) is 11.6 Å². The van der Waals surface area contributed by atoms with Crippen LogP contribution in [0.25, 0.3) is 0 Å². The molecule has 0 aliphatic heterocycles. The summed E-state index contributed by atoms with van der Waals surface area (Å²) in [4.78, 5) is 12.7. The van der Waals surface area contributed by atoms with Crippen molar-refractivity contribution in [1.29, 1.82) is 0 Å². The Labute approximate surface area is 129 Å². The Bertz CT molecular complexity index is 413. The molecule has 1 rings (SSSR count). The van der Waals surface area contributed by atoms with Crippen molar-refractivity contribution >= 4 is 30.7 Å². The molecule has 1 aromatic carbocycles. The van der Waals surface area contributed by atoms with Crippen molar-refractivity contribution < 1.29 is 13.6 Å². The molecule has 0 aromatic heterocycles. The minimum Gasteiger partial charge on any atom is -0.353 e. The largest absolute Gasteiger partial charge is 0.353 e. The smallest absolute Gasteiger partial charge is 0.233 e. The highest BCUT2D eigenvalue weighted by Crippen LogP contribution is 2.23. The molecule has 0 fully saturated rings. The van der Waals surface area contributed by atoms with Gasteiger partial charge in [-0.3, -0.25) is 4.79 Å². The number of carbonyl (C=O) groups excluding carboxylic acids is 1. The molecule has 0 saturated heterocycles. The molecule has 1 unspecified atom stereocenters. The summed E-state index contributed by atoms with van der Waals surface area (Å²) < 4.78 is 27.3. The van der Waals surface area contributed by atoms with Gasteiger partial charge in [0.25, 0.3) is 0 Å². The fourth-order valence-electron chi connectivity index (χ4n) is 1.65. The summed E-state index contributed by atoms with van der Waals surface area (Å²) in [5, 5.41) is 2.53. The van der Waals surface area contributed by atoms with Gasteiger partial charge in [-0.2, -0.15) is 0 Å². The van der Waals surface area contributed by atoms with Gasteiger partial charge < -0.3 is 16.0 Å². The number of hydrogen-bond donors (Lipinski definition) is 2. The summed E-state index contributed by atoms with van der Waals surface area (Å²) in [6.07, 6.45) is 0.